The minimum absolute atomic E-state index is 0. The van der Waals surface area contributed by atoms with Crippen molar-refractivity contribution in [1.29, 1.82) is 0 Å². The van der Waals surface area contributed by atoms with Gasteiger partial charge >= 0.3 is 0 Å². The molecule has 0 aromatic carbocycles. The van der Waals surface area contributed by atoms with E-state index in [0.29, 0.717) is 18.1 Å². The normalized spacial score (nSPS) is 20.1. The number of H-pyrrole nitrogens is 1. The molecule has 0 fully saturated rings. The van der Waals surface area contributed by atoms with Crippen molar-refractivity contribution in [3.63, 3.8) is 0 Å². The monoisotopic (exact) mass is 275 g/mol. The summed E-state index contributed by atoms with van der Waals surface area (Å²) in [4.78, 5) is 18.3. The van der Waals surface area contributed by atoms with Crippen LogP contribution in [0.1, 0.15) is 13.8 Å². The maximum absolute atomic E-state index is 11.7. The van der Waals surface area contributed by atoms with Gasteiger partial charge in [-0.3, -0.25) is 9.78 Å². The van der Waals surface area contributed by atoms with E-state index in [1.54, 1.807) is 7.11 Å². The van der Waals surface area contributed by atoms with Gasteiger partial charge in [0.15, 0.2) is 5.82 Å². The lowest BCUT2D eigenvalue weighted by molar-refractivity contribution is 0.165. The molecule has 1 aromatic heterocycles. The smallest absolute Gasteiger partial charge is 0.277 e. The number of aromatic amines is 1. The lowest BCUT2D eigenvalue weighted by Gasteiger charge is -2.40. The summed E-state index contributed by atoms with van der Waals surface area (Å²) >= 11 is 0. The number of methoxy groups -OCH3 is 1. The van der Waals surface area contributed by atoms with Crippen LogP contribution in [0, 0.1) is 0 Å². The van der Waals surface area contributed by atoms with Crippen LogP contribution in [0.4, 0.5) is 17.5 Å². The molecular weight excluding hydrogens is 258 g/mol. The fraction of sp³-hybridized carbons (Fsp3) is 0.600. The molecule has 2 rings (SSSR count). The Balaban J connectivity index is 0.00000162. The number of halogens is 1. The highest BCUT2D eigenvalue weighted by atomic mass is 35.5. The first kappa shape index (κ1) is 14.6. The standard InChI is InChI=1S/C10H17N5O2.ClH/c1-10(2)5(4-17-3)12-6-7(15-10)13-9(11)14-8(6)16;/h5,12H,4H2,1-3H3,(H4,11,13,14,15,16);1H. The second kappa shape index (κ2) is 5.03. The number of hydrogen-bond acceptors (Lipinski definition) is 6. The van der Waals surface area contributed by atoms with E-state index in [0.717, 1.165) is 0 Å². The van der Waals surface area contributed by atoms with Crippen LogP contribution in [0.5, 0.6) is 0 Å². The largest absolute Gasteiger partial charge is 0.382 e. The summed E-state index contributed by atoms with van der Waals surface area (Å²) < 4.78 is 5.14. The van der Waals surface area contributed by atoms with Gasteiger partial charge in [-0.1, -0.05) is 0 Å². The summed E-state index contributed by atoms with van der Waals surface area (Å²) in [6, 6.07) is -0.0217. The summed E-state index contributed by atoms with van der Waals surface area (Å²) in [6.45, 7) is 4.50. The predicted molar refractivity (Wildman–Crippen MR) is 73.5 cm³/mol. The average Bonchev–Trinajstić information content (AvgIpc) is 2.19. The van der Waals surface area contributed by atoms with Crippen LogP contribution in [0.2, 0.25) is 0 Å². The molecule has 5 N–H and O–H groups in total. The molecule has 0 radical (unpaired) electrons. The Morgan fingerprint density at radius 2 is 2.17 bits per heavy atom. The highest BCUT2D eigenvalue weighted by Crippen LogP contribution is 2.29. The zero-order valence-corrected chi connectivity index (χ0v) is 11.4. The Bertz CT molecular complexity index is 488. The summed E-state index contributed by atoms with van der Waals surface area (Å²) in [6.07, 6.45) is 0. The maximum atomic E-state index is 11.7. The first-order valence-corrected chi connectivity index (χ1v) is 5.37. The Hall–Kier alpha value is -1.47. The van der Waals surface area contributed by atoms with Gasteiger partial charge in [0.1, 0.15) is 5.69 Å². The fourth-order valence-electron chi connectivity index (χ4n) is 1.88. The van der Waals surface area contributed by atoms with E-state index in [9.17, 15) is 4.79 Å². The van der Waals surface area contributed by atoms with E-state index in [1.807, 2.05) is 13.8 Å². The molecule has 0 amide bonds. The summed E-state index contributed by atoms with van der Waals surface area (Å²) in [5.41, 5.74) is 5.35. The van der Waals surface area contributed by atoms with Gasteiger partial charge in [-0.2, -0.15) is 4.98 Å². The number of ether oxygens (including phenoxy) is 1. The molecule has 18 heavy (non-hydrogen) atoms. The van der Waals surface area contributed by atoms with Gasteiger partial charge in [-0.25, -0.2) is 0 Å². The molecule has 102 valence electrons. The Labute approximate surface area is 111 Å². The molecule has 1 unspecified atom stereocenters. The first-order valence-electron chi connectivity index (χ1n) is 5.37. The van der Waals surface area contributed by atoms with Crippen molar-refractivity contribution >= 4 is 29.9 Å². The number of nitrogens with one attached hydrogen (secondary N) is 3. The molecule has 0 bridgehead atoms. The van der Waals surface area contributed by atoms with Crippen molar-refractivity contribution in [3.8, 4) is 0 Å². The van der Waals surface area contributed by atoms with Gasteiger partial charge in [0, 0.05) is 7.11 Å². The Kier molecular flexibility index (Phi) is 4.08. The molecule has 2 heterocycles. The van der Waals surface area contributed by atoms with Crippen LogP contribution in [-0.2, 0) is 4.74 Å². The molecule has 1 aromatic rings. The first-order chi connectivity index (χ1) is 7.94. The zero-order chi connectivity index (χ0) is 12.6. The van der Waals surface area contributed by atoms with Gasteiger partial charge in [0.05, 0.1) is 18.2 Å². The highest BCUT2D eigenvalue weighted by Gasteiger charge is 2.36. The third-order valence-corrected chi connectivity index (χ3v) is 2.90. The Morgan fingerprint density at radius 3 is 2.78 bits per heavy atom. The highest BCUT2D eigenvalue weighted by molar-refractivity contribution is 5.85. The molecule has 7 nitrogen and oxygen atoms in total. The fourth-order valence-corrected chi connectivity index (χ4v) is 1.88. The molecule has 8 heteroatoms. The molecule has 1 aliphatic heterocycles. The van der Waals surface area contributed by atoms with Crippen molar-refractivity contribution in [1.82, 2.24) is 9.97 Å². The number of anilines is 3. The van der Waals surface area contributed by atoms with Gasteiger partial charge < -0.3 is 21.1 Å². The van der Waals surface area contributed by atoms with E-state index < -0.39 is 0 Å². The molecular formula is C10H18ClN5O2. The minimum atomic E-state index is -0.282. The number of aromatic nitrogens is 2. The number of nitrogen functional groups attached to an aromatic ring is 1. The molecule has 0 aliphatic carbocycles. The molecule has 0 saturated carbocycles. The summed E-state index contributed by atoms with van der Waals surface area (Å²) in [5, 5.41) is 6.33. The second-order valence-corrected chi connectivity index (χ2v) is 4.67. The Morgan fingerprint density at radius 1 is 1.50 bits per heavy atom. The van der Waals surface area contributed by atoms with Gasteiger partial charge in [-0.05, 0) is 13.8 Å². The maximum Gasteiger partial charge on any atom is 0.277 e. The molecule has 1 aliphatic rings. The van der Waals surface area contributed by atoms with Crippen LogP contribution in [0.25, 0.3) is 0 Å². The van der Waals surface area contributed by atoms with Crippen LogP contribution < -0.4 is 21.9 Å². The number of rotatable bonds is 2. The van der Waals surface area contributed by atoms with E-state index in [1.165, 1.54) is 0 Å². The van der Waals surface area contributed by atoms with Crippen LogP contribution >= 0.6 is 12.4 Å². The SMILES string of the molecule is COCC1Nc2c(nc(N)[nH]c2=O)NC1(C)C.Cl. The topological polar surface area (TPSA) is 105 Å². The van der Waals surface area contributed by atoms with Gasteiger partial charge in [0.25, 0.3) is 5.56 Å². The molecule has 1 atom stereocenters. The summed E-state index contributed by atoms with van der Waals surface area (Å²) in [7, 11) is 1.62. The average molecular weight is 276 g/mol. The lowest BCUT2D eigenvalue weighted by Crippen LogP contribution is -2.54. The minimum Gasteiger partial charge on any atom is -0.382 e. The summed E-state index contributed by atoms with van der Waals surface area (Å²) in [5.74, 6) is 0.577. The van der Waals surface area contributed by atoms with Crippen molar-refractivity contribution < 1.29 is 4.74 Å². The number of nitrogens with zero attached hydrogens (tertiary/aromatic N) is 1. The predicted octanol–water partition coefficient (Wildman–Crippen LogP) is 0.405. The number of fused-ring (bicyclic) bond motifs is 1. The van der Waals surface area contributed by atoms with Gasteiger partial charge in [-0.15, -0.1) is 12.4 Å². The van der Waals surface area contributed by atoms with E-state index >= 15 is 0 Å². The third-order valence-electron chi connectivity index (χ3n) is 2.90. The lowest BCUT2D eigenvalue weighted by atomic mass is 9.92. The van der Waals surface area contributed by atoms with Crippen molar-refractivity contribution in [2.75, 3.05) is 30.1 Å². The van der Waals surface area contributed by atoms with Crippen molar-refractivity contribution in [2.24, 2.45) is 0 Å². The second-order valence-electron chi connectivity index (χ2n) is 4.67. The van der Waals surface area contributed by atoms with E-state index in [-0.39, 0.29) is 35.5 Å². The quantitative estimate of drug-likeness (QED) is 0.623. The van der Waals surface area contributed by atoms with E-state index in [4.69, 9.17) is 10.5 Å². The van der Waals surface area contributed by atoms with Crippen LogP contribution in [0.15, 0.2) is 4.79 Å². The van der Waals surface area contributed by atoms with Crippen molar-refractivity contribution in [3.05, 3.63) is 10.4 Å². The number of nitrogens with two attached hydrogens (primary N) is 1. The van der Waals surface area contributed by atoms with E-state index in [2.05, 4.69) is 20.6 Å². The third kappa shape index (κ3) is 2.51. The van der Waals surface area contributed by atoms with Gasteiger partial charge in [0.2, 0.25) is 5.95 Å². The zero-order valence-electron chi connectivity index (χ0n) is 10.5. The molecule has 0 spiro atoms. The van der Waals surface area contributed by atoms with Crippen LogP contribution in [-0.4, -0.2) is 35.3 Å². The molecule has 0 saturated heterocycles. The van der Waals surface area contributed by atoms with Crippen molar-refractivity contribution in [2.45, 2.75) is 25.4 Å². The number of hydrogen-bond donors (Lipinski definition) is 4. The van der Waals surface area contributed by atoms with Crippen LogP contribution in [0.3, 0.4) is 0 Å².